The van der Waals surface area contributed by atoms with Gasteiger partial charge in [-0.15, -0.1) is 0 Å². The van der Waals surface area contributed by atoms with Crippen LogP contribution in [-0.2, 0) is 4.79 Å². The third kappa shape index (κ3) is 3.34. The number of amides is 1. The van der Waals surface area contributed by atoms with Crippen LogP contribution in [0.25, 0.3) is 0 Å². The van der Waals surface area contributed by atoms with Gasteiger partial charge in [-0.2, -0.15) is 0 Å². The zero-order valence-electron chi connectivity index (χ0n) is 8.55. The van der Waals surface area contributed by atoms with Gasteiger partial charge in [0.1, 0.15) is 0 Å². The van der Waals surface area contributed by atoms with Crippen LogP contribution in [0.15, 0.2) is 30.3 Å². The maximum Gasteiger partial charge on any atom is 0.253 e. The molecule has 4 nitrogen and oxygen atoms in total. The van der Waals surface area contributed by atoms with Crippen LogP contribution in [0.1, 0.15) is 18.6 Å². The van der Waals surface area contributed by atoms with Crippen molar-refractivity contribution in [1.82, 2.24) is 5.32 Å². The molecule has 0 bridgehead atoms. The first-order valence-corrected chi connectivity index (χ1v) is 4.79. The van der Waals surface area contributed by atoms with Crippen LogP contribution < -0.4 is 5.32 Å². The molecule has 0 spiro atoms. The van der Waals surface area contributed by atoms with E-state index in [-0.39, 0.29) is 12.6 Å². The molecule has 0 unspecified atom stereocenters. The summed E-state index contributed by atoms with van der Waals surface area (Å²) in [7, 11) is 0. The average Bonchev–Trinajstić information content (AvgIpc) is 2.29. The number of aliphatic hydroxyl groups excluding tert-OH is 2. The van der Waals surface area contributed by atoms with Gasteiger partial charge in [0.2, 0.25) is 0 Å². The first-order valence-electron chi connectivity index (χ1n) is 4.79. The molecular weight excluding hydrogens is 194 g/mol. The molecule has 3 N–H and O–H groups in total. The Bertz CT molecular complexity index is 313. The maximum absolute atomic E-state index is 11.4. The molecule has 4 heteroatoms. The molecule has 0 fully saturated rings. The van der Waals surface area contributed by atoms with Crippen molar-refractivity contribution in [3.63, 3.8) is 0 Å². The summed E-state index contributed by atoms with van der Waals surface area (Å²) in [6.07, 6.45) is -1.18. The molecule has 0 aromatic heterocycles. The topological polar surface area (TPSA) is 69.6 Å². The summed E-state index contributed by atoms with van der Waals surface area (Å²) in [4.78, 5) is 11.4. The highest BCUT2D eigenvalue weighted by molar-refractivity contribution is 5.82. The quantitative estimate of drug-likeness (QED) is 0.664. The number of carbonyl (C=O) groups excluding carboxylic acids is 1. The zero-order valence-corrected chi connectivity index (χ0v) is 8.55. The number of rotatable bonds is 4. The molecular formula is C11H15NO3. The van der Waals surface area contributed by atoms with Gasteiger partial charge in [-0.25, -0.2) is 0 Å². The summed E-state index contributed by atoms with van der Waals surface area (Å²) >= 11 is 0. The van der Waals surface area contributed by atoms with Gasteiger partial charge in [0.05, 0.1) is 6.61 Å². The lowest BCUT2D eigenvalue weighted by Gasteiger charge is -2.15. The van der Waals surface area contributed by atoms with Crippen molar-refractivity contribution >= 4 is 5.91 Å². The van der Waals surface area contributed by atoms with E-state index in [1.807, 2.05) is 6.07 Å². The van der Waals surface area contributed by atoms with E-state index in [0.29, 0.717) is 5.56 Å². The monoisotopic (exact) mass is 209 g/mol. The van der Waals surface area contributed by atoms with Crippen LogP contribution in [0.2, 0.25) is 0 Å². The van der Waals surface area contributed by atoms with Gasteiger partial charge in [-0.05, 0) is 12.5 Å². The summed E-state index contributed by atoms with van der Waals surface area (Å²) in [5.41, 5.74) is 0.542. The molecule has 1 aromatic rings. The number of nitrogens with one attached hydrogen (secondary N) is 1. The fraction of sp³-hybridized carbons (Fsp3) is 0.364. The summed E-state index contributed by atoms with van der Waals surface area (Å²) < 4.78 is 0. The fourth-order valence-corrected chi connectivity index (χ4v) is 1.15. The Labute approximate surface area is 88.6 Å². The summed E-state index contributed by atoms with van der Waals surface area (Å²) in [6, 6.07) is 8.31. The van der Waals surface area contributed by atoms with Gasteiger partial charge < -0.3 is 15.5 Å². The lowest BCUT2D eigenvalue weighted by atomic mass is 10.1. The molecule has 1 aromatic carbocycles. The van der Waals surface area contributed by atoms with Crippen molar-refractivity contribution in [2.24, 2.45) is 0 Å². The Morgan fingerprint density at radius 3 is 2.53 bits per heavy atom. The minimum atomic E-state index is -1.18. The molecule has 2 atom stereocenters. The van der Waals surface area contributed by atoms with Gasteiger partial charge >= 0.3 is 0 Å². The van der Waals surface area contributed by atoms with Crippen molar-refractivity contribution < 1.29 is 15.0 Å². The fourth-order valence-electron chi connectivity index (χ4n) is 1.15. The van der Waals surface area contributed by atoms with E-state index in [2.05, 4.69) is 5.32 Å². The van der Waals surface area contributed by atoms with Crippen molar-refractivity contribution in [1.29, 1.82) is 0 Å². The van der Waals surface area contributed by atoms with Gasteiger partial charge in [-0.1, -0.05) is 30.3 Å². The second kappa shape index (κ2) is 5.48. The maximum atomic E-state index is 11.4. The molecule has 15 heavy (non-hydrogen) atoms. The molecule has 0 heterocycles. The number of hydrogen-bond donors (Lipinski definition) is 3. The van der Waals surface area contributed by atoms with Gasteiger partial charge in [0, 0.05) is 6.04 Å². The largest absolute Gasteiger partial charge is 0.394 e. The third-order valence-corrected chi connectivity index (χ3v) is 2.03. The third-order valence-electron chi connectivity index (χ3n) is 2.03. The molecule has 0 radical (unpaired) electrons. The lowest BCUT2D eigenvalue weighted by Crippen LogP contribution is -2.38. The number of carbonyl (C=O) groups is 1. The molecule has 0 aliphatic rings. The zero-order chi connectivity index (χ0) is 11.3. The SMILES string of the molecule is C[C@@H](CO)NC(=O)[C@H](O)c1ccccc1. The van der Waals surface area contributed by atoms with E-state index in [1.54, 1.807) is 31.2 Å². The van der Waals surface area contributed by atoms with E-state index in [0.717, 1.165) is 0 Å². The van der Waals surface area contributed by atoms with E-state index in [4.69, 9.17) is 5.11 Å². The van der Waals surface area contributed by atoms with Crippen LogP contribution >= 0.6 is 0 Å². The molecule has 0 aliphatic heterocycles. The Morgan fingerprint density at radius 1 is 1.40 bits per heavy atom. The van der Waals surface area contributed by atoms with Gasteiger partial charge in [0.25, 0.3) is 5.91 Å². The molecule has 82 valence electrons. The Kier molecular flexibility index (Phi) is 4.27. The smallest absolute Gasteiger partial charge is 0.253 e. The molecule has 0 saturated carbocycles. The summed E-state index contributed by atoms with van der Waals surface area (Å²) in [5, 5.41) is 20.9. The molecule has 1 rings (SSSR count). The summed E-state index contributed by atoms with van der Waals surface area (Å²) in [5.74, 6) is -0.497. The van der Waals surface area contributed by atoms with Crippen LogP contribution in [-0.4, -0.2) is 28.8 Å². The van der Waals surface area contributed by atoms with E-state index in [1.165, 1.54) is 0 Å². The Hall–Kier alpha value is -1.39. The first-order chi connectivity index (χ1) is 7.15. The van der Waals surface area contributed by atoms with Crippen molar-refractivity contribution in [3.8, 4) is 0 Å². The lowest BCUT2D eigenvalue weighted by molar-refractivity contribution is -0.130. The molecule has 1 amide bonds. The Balaban J connectivity index is 2.61. The second-order valence-electron chi connectivity index (χ2n) is 3.41. The normalized spacial score (nSPS) is 14.3. The van der Waals surface area contributed by atoms with Crippen LogP contribution in [0.4, 0.5) is 0 Å². The number of benzene rings is 1. The Morgan fingerprint density at radius 2 is 2.00 bits per heavy atom. The minimum Gasteiger partial charge on any atom is -0.394 e. The van der Waals surface area contributed by atoms with Gasteiger partial charge in [0.15, 0.2) is 6.10 Å². The predicted octanol–water partition coefficient (Wildman–Crippen LogP) is 0.217. The number of aliphatic hydroxyl groups is 2. The average molecular weight is 209 g/mol. The predicted molar refractivity (Wildman–Crippen MR) is 56.1 cm³/mol. The van der Waals surface area contributed by atoms with E-state index < -0.39 is 12.0 Å². The van der Waals surface area contributed by atoms with Crippen LogP contribution in [0.5, 0.6) is 0 Å². The van der Waals surface area contributed by atoms with Crippen molar-refractivity contribution in [2.75, 3.05) is 6.61 Å². The highest BCUT2D eigenvalue weighted by Gasteiger charge is 2.17. The van der Waals surface area contributed by atoms with Crippen molar-refractivity contribution in [2.45, 2.75) is 19.1 Å². The van der Waals surface area contributed by atoms with E-state index in [9.17, 15) is 9.90 Å². The summed E-state index contributed by atoms with van der Waals surface area (Å²) in [6.45, 7) is 1.52. The highest BCUT2D eigenvalue weighted by Crippen LogP contribution is 2.11. The molecule has 0 saturated heterocycles. The van der Waals surface area contributed by atoms with Crippen LogP contribution in [0.3, 0.4) is 0 Å². The number of hydrogen-bond acceptors (Lipinski definition) is 3. The van der Waals surface area contributed by atoms with Crippen molar-refractivity contribution in [3.05, 3.63) is 35.9 Å². The van der Waals surface area contributed by atoms with Gasteiger partial charge in [-0.3, -0.25) is 4.79 Å². The highest BCUT2D eigenvalue weighted by atomic mass is 16.3. The first kappa shape index (κ1) is 11.7. The minimum absolute atomic E-state index is 0.146. The second-order valence-corrected chi connectivity index (χ2v) is 3.41. The molecule has 0 aliphatic carbocycles. The van der Waals surface area contributed by atoms with Crippen LogP contribution in [0, 0.1) is 0 Å². The standard InChI is InChI=1S/C11H15NO3/c1-8(7-13)12-11(15)10(14)9-5-3-2-4-6-9/h2-6,8,10,13-14H,7H2,1H3,(H,12,15)/t8-,10+/m0/s1. The van der Waals surface area contributed by atoms with E-state index >= 15 is 0 Å².